The lowest BCUT2D eigenvalue weighted by Gasteiger charge is -2.37. The number of piperidine rings is 2. The van der Waals surface area contributed by atoms with Crippen LogP contribution >= 0.6 is 0 Å². The number of hydrogen-bond donors (Lipinski definition) is 2. The van der Waals surface area contributed by atoms with Crippen molar-refractivity contribution in [3.05, 3.63) is 79.9 Å². The third-order valence-electron chi connectivity index (χ3n) is 10.4. The molecule has 2 fully saturated rings. The van der Waals surface area contributed by atoms with Gasteiger partial charge in [-0.1, -0.05) is 49.9 Å². The first kappa shape index (κ1) is 38.3. The van der Waals surface area contributed by atoms with E-state index in [4.69, 9.17) is 0 Å². The first-order valence-corrected chi connectivity index (χ1v) is 16.4. The minimum atomic E-state index is -0.322. The van der Waals surface area contributed by atoms with Crippen LogP contribution in [0.5, 0.6) is 0 Å². The summed E-state index contributed by atoms with van der Waals surface area (Å²) in [6, 6.07) is 17.0. The molecule has 2 aromatic carbocycles. The van der Waals surface area contributed by atoms with Crippen LogP contribution in [0.15, 0.2) is 48.5 Å². The lowest BCUT2D eigenvalue weighted by atomic mass is 9.89. The van der Waals surface area contributed by atoms with Crippen LogP contribution in [0.1, 0.15) is 101 Å². The first-order valence-electron chi connectivity index (χ1n) is 16.4. The van der Waals surface area contributed by atoms with E-state index in [9.17, 15) is 20.2 Å². The molecule has 246 valence electrons. The summed E-state index contributed by atoms with van der Waals surface area (Å²) >= 11 is 0. The van der Waals surface area contributed by atoms with Gasteiger partial charge in [0.05, 0.1) is 48.1 Å². The van der Waals surface area contributed by atoms with Gasteiger partial charge in [-0.2, -0.15) is 0 Å². The Bertz CT molecular complexity index is 1050. The number of nitrogens with one attached hydrogen (secondary N) is 2. The van der Waals surface area contributed by atoms with E-state index in [2.05, 4.69) is 14.1 Å². The van der Waals surface area contributed by atoms with E-state index < -0.39 is 0 Å². The Labute approximate surface area is 284 Å². The predicted octanol–water partition coefficient (Wildman–Crippen LogP) is -0.711. The predicted molar refractivity (Wildman–Crippen MR) is 167 cm³/mol. The van der Waals surface area contributed by atoms with E-state index in [0.29, 0.717) is 12.1 Å². The zero-order chi connectivity index (χ0) is 29.9. The van der Waals surface area contributed by atoms with Crippen molar-refractivity contribution in [2.75, 3.05) is 14.1 Å². The topological polar surface area (TPSA) is 95.2 Å². The SMILES string of the molecule is C[NH+]1C(CCCCCCCCC2CCCC(Cc3ccc([N+](=O)[O-])cc3)[NH+]2C)CCCC1Cc1ccc([N+](=O)[O-])cc1.[Br-].[Br-]. The standard InChI is InChI=1S/C34H50N4O4.2BrH/c1-35-29(13-9-15-33(35)25-27-17-21-31(22-18-27)37(39)40)11-7-5-3-4-6-8-12-30-14-10-16-34(36(30)2)26-28-19-23-32(24-20-28)38(41)42;;/h17-24,29-30,33-34H,3-16,25-26H2,1-2H3;2*1H. The van der Waals surface area contributed by atoms with E-state index in [1.165, 1.54) is 101 Å². The highest BCUT2D eigenvalue weighted by molar-refractivity contribution is 5.33. The molecule has 2 aromatic rings. The van der Waals surface area contributed by atoms with Crippen LogP contribution < -0.4 is 43.8 Å². The Morgan fingerprint density at radius 1 is 0.568 bits per heavy atom. The van der Waals surface area contributed by atoms with Gasteiger partial charge >= 0.3 is 0 Å². The maximum Gasteiger partial charge on any atom is 0.269 e. The van der Waals surface area contributed by atoms with Crippen LogP contribution in [0.2, 0.25) is 0 Å². The summed E-state index contributed by atoms with van der Waals surface area (Å²) in [4.78, 5) is 24.6. The first-order chi connectivity index (χ1) is 20.3. The van der Waals surface area contributed by atoms with Crippen LogP contribution in [0.3, 0.4) is 0 Å². The van der Waals surface area contributed by atoms with E-state index in [-0.39, 0.29) is 55.2 Å². The average molecular weight is 741 g/mol. The highest BCUT2D eigenvalue weighted by Gasteiger charge is 2.32. The van der Waals surface area contributed by atoms with E-state index >= 15 is 0 Å². The molecule has 0 aliphatic carbocycles. The Kier molecular flexibility index (Phi) is 17.1. The highest BCUT2D eigenvalue weighted by atomic mass is 79.9. The van der Waals surface area contributed by atoms with E-state index in [0.717, 1.165) is 24.9 Å². The Morgan fingerprint density at radius 3 is 1.23 bits per heavy atom. The number of hydrogen-bond acceptors (Lipinski definition) is 4. The summed E-state index contributed by atoms with van der Waals surface area (Å²) in [6.07, 6.45) is 20.4. The number of unbranched alkanes of at least 4 members (excludes halogenated alkanes) is 5. The number of benzene rings is 2. The van der Waals surface area contributed by atoms with Gasteiger partial charge in [0.1, 0.15) is 0 Å². The zero-order valence-electron chi connectivity index (χ0n) is 26.5. The Morgan fingerprint density at radius 2 is 0.886 bits per heavy atom. The van der Waals surface area contributed by atoms with Crippen molar-refractivity contribution in [2.45, 2.75) is 127 Å². The molecule has 6 atom stereocenters. The minimum Gasteiger partial charge on any atom is -1.00 e. The number of halogens is 2. The fourth-order valence-corrected chi connectivity index (χ4v) is 7.63. The second kappa shape index (κ2) is 19.6. The van der Waals surface area contributed by atoms with Crippen molar-refractivity contribution in [1.29, 1.82) is 0 Å². The highest BCUT2D eigenvalue weighted by Crippen LogP contribution is 2.21. The fraction of sp³-hybridized carbons (Fsp3) is 0.647. The molecule has 0 aromatic heterocycles. The molecule has 0 bridgehead atoms. The van der Waals surface area contributed by atoms with Crippen LogP contribution in [-0.2, 0) is 12.8 Å². The number of likely N-dealkylation sites (N-methyl/N-ethyl adjacent to an activating group) is 2. The van der Waals surface area contributed by atoms with Crippen molar-refractivity contribution < 1.29 is 53.6 Å². The third-order valence-corrected chi connectivity index (χ3v) is 10.4. The molecular formula is C34H52Br2N4O4. The van der Waals surface area contributed by atoms with Crippen LogP contribution in [-0.4, -0.2) is 48.1 Å². The molecule has 2 saturated heterocycles. The molecule has 2 aliphatic heterocycles. The maximum absolute atomic E-state index is 10.9. The van der Waals surface area contributed by atoms with Crippen LogP contribution in [0, 0.1) is 20.2 Å². The normalized spacial score (nSPS) is 25.0. The summed E-state index contributed by atoms with van der Waals surface area (Å²) in [5, 5.41) is 21.9. The molecule has 8 nitrogen and oxygen atoms in total. The van der Waals surface area contributed by atoms with Gasteiger partial charge in [0.25, 0.3) is 11.4 Å². The second-order valence-electron chi connectivity index (χ2n) is 13.1. The van der Waals surface area contributed by atoms with Gasteiger partial charge in [0.2, 0.25) is 0 Å². The molecule has 0 saturated carbocycles. The molecule has 6 unspecified atom stereocenters. The summed E-state index contributed by atoms with van der Waals surface area (Å²) in [7, 11) is 4.72. The van der Waals surface area contributed by atoms with Gasteiger partial charge in [-0.25, -0.2) is 0 Å². The molecule has 10 heteroatoms. The third kappa shape index (κ3) is 11.5. The van der Waals surface area contributed by atoms with Gasteiger partial charge in [0, 0.05) is 37.1 Å². The van der Waals surface area contributed by atoms with Crippen molar-refractivity contribution in [2.24, 2.45) is 0 Å². The van der Waals surface area contributed by atoms with Gasteiger partial charge < -0.3 is 43.8 Å². The average Bonchev–Trinajstić information content (AvgIpc) is 2.98. The number of likely N-dealkylation sites (tertiary alicyclic amines) is 2. The van der Waals surface area contributed by atoms with Gasteiger partial charge in [-0.05, 0) is 75.3 Å². The van der Waals surface area contributed by atoms with Crippen molar-refractivity contribution in [3.8, 4) is 0 Å². The molecule has 44 heavy (non-hydrogen) atoms. The smallest absolute Gasteiger partial charge is 0.269 e. The van der Waals surface area contributed by atoms with Crippen molar-refractivity contribution in [1.82, 2.24) is 0 Å². The van der Waals surface area contributed by atoms with Gasteiger partial charge in [-0.15, -0.1) is 0 Å². The quantitative estimate of drug-likeness (QED) is 0.144. The van der Waals surface area contributed by atoms with Gasteiger partial charge in [-0.3, -0.25) is 20.2 Å². The number of nitro benzene ring substituents is 2. The van der Waals surface area contributed by atoms with Crippen LogP contribution in [0.4, 0.5) is 11.4 Å². The molecule has 0 radical (unpaired) electrons. The summed E-state index contributed by atoms with van der Waals surface area (Å²) in [5.74, 6) is 0. The largest absolute Gasteiger partial charge is 1.00 e. The number of non-ortho nitro benzene ring substituents is 2. The fourth-order valence-electron chi connectivity index (χ4n) is 7.63. The number of quaternary nitrogens is 2. The Hall–Kier alpha value is -1.88. The number of rotatable bonds is 15. The molecule has 4 rings (SSSR count). The number of nitro groups is 2. The maximum atomic E-state index is 10.9. The summed E-state index contributed by atoms with van der Waals surface area (Å²) < 4.78 is 0. The van der Waals surface area contributed by atoms with Gasteiger partial charge in [0.15, 0.2) is 0 Å². The minimum absolute atomic E-state index is 0. The van der Waals surface area contributed by atoms with Crippen molar-refractivity contribution in [3.63, 3.8) is 0 Å². The van der Waals surface area contributed by atoms with E-state index in [1.54, 1.807) is 34.1 Å². The van der Waals surface area contributed by atoms with Crippen LogP contribution in [0.25, 0.3) is 0 Å². The lowest BCUT2D eigenvalue weighted by molar-refractivity contribution is -0.937. The van der Waals surface area contributed by atoms with E-state index in [1.807, 2.05) is 24.3 Å². The second-order valence-corrected chi connectivity index (χ2v) is 13.1. The molecule has 2 N–H and O–H groups in total. The van der Waals surface area contributed by atoms with Crippen molar-refractivity contribution >= 4 is 11.4 Å². The molecule has 0 spiro atoms. The molecule has 2 aliphatic rings. The molecule has 2 heterocycles. The Balaban J connectivity index is 0.00000337. The zero-order valence-corrected chi connectivity index (χ0v) is 29.7. The lowest BCUT2D eigenvalue weighted by Crippen LogP contribution is -3.17. The molecule has 0 amide bonds. The monoisotopic (exact) mass is 738 g/mol. The number of nitrogens with zero attached hydrogens (tertiary/aromatic N) is 2. The molecular weight excluding hydrogens is 688 g/mol. The summed E-state index contributed by atoms with van der Waals surface area (Å²) in [6.45, 7) is 0. The summed E-state index contributed by atoms with van der Waals surface area (Å²) in [5.41, 5.74) is 2.78.